The Kier molecular flexibility index (Phi) is 5.87. The second-order valence-electron chi connectivity index (χ2n) is 6.28. The fourth-order valence-electron chi connectivity index (χ4n) is 2.25. The van der Waals surface area contributed by atoms with E-state index in [4.69, 9.17) is 0 Å². The Bertz CT molecular complexity index is 556. The number of aryl methyl sites for hydroxylation is 1. The van der Waals surface area contributed by atoms with E-state index in [0.29, 0.717) is 24.2 Å². The third-order valence-electron chi connectivity index (χ3n) is 3.24. The molecule has 0 spiro atoms. The fraction of sp³-hybridized carbons (Fsp3) is 0.533. The first-order valence-electron chi connectivity index (χ1n) is 7.09. The second-order valence-corrected chi connectivity index (χ2v) is 6.28. The summed E-state index contributed by atoms with van der Waals surface area (Å²) < 4.78 is 0. The number of urea groups is 1. The zero-order valence-corrected chi connectivity index (χ0v) is 13.3. The van der Waals surface area contributed by atoms with Crippen LogP contribution in [0.15, 0.2) is 18.2 Å². The van der Waals surface area contributed by atoms with Crippen molar-refractivity contribution in [1.82, 2.24) is 5.32 Å². The lowest BCUT2D eigenvalue weighted by molar-refractivity contribution is -0.385. The molecule has 1 atom stereocenters. The molecule has 0 fully saturated rings. The molecule has 0 saturated carbocycles. The number of carbonyl (C=O) groups excluding carboxylic acids is 1. The quantitative estimate of drug-likeness (QED) is 0.555. The number of anilines is 1. The molecule has 1 aromatic carbocycles. The minimum absolute atomic E-state index is 0.0350. The van der Waals surface area contributed by atoms with Crippen LogP contribution in [0.3, 0.4) is 0 Å². The maximum atomic E-state index is 11.9. The number of nitrogens with one attached hydrogen (secondary N) is 2. The summed E-state index contributed by atoms with van der Waals surface area (Å²) in [6.45, 7) is 7.61. The Morgan fingerprint density at radius 1 is 1.45 bits per heavy atom. The SMILES string of the molecule is Cc1ccc(NC(=O)NCC(C)(C)CC(C)O)cc1[N+](=O)[O-]. The molecule has 0 aromatic heterocycles. The monoisotopic (exact) mass is 309 g/mol. The molecule has 3 N–H and O–H groups in total. The molecule has 122 valence electrons. The average molecular weight is 309 g/mol. The summed E-state index contributed by atoms with van der Waals surface area (Å²) in [5, 5.41) is 25.6. The van der Waals surface area contributed by atoms with Crippen LogP contribution >= 0.6 is 0 Å². The van der Waals surface area contributed by atoms with Gasteiger partial charge >= 0.3 is 6.03 Å². The molecule has 1 unspecified atom stereocenters. The third-order valence-corrected chi connectivity index (χ3v) is 3.24. The van der Waals surface area contributed by atoms with Crippen LogP contribution in [0.5, 0.6) is 0 Å². The number of benzene rings is 1. The highest BCUT2D eigenvalue weighted by atomic mass is 16.6. The van der Waals surface area contributed by atoms with Crippen molar-refractivity contribution in [1.29, 1.82) is 0 Å². The summed E-state index contributed by atoms with van der Waals surface area (Å²) >= 11 is 0. The van der Waals surface area contributed by atoms with Gasteiger partial charge in [-0.15, -0.1) is 0 Å². The van der Waals surface area contributed by atoms with Gasteiger partial charge in [-0.1, -0.05) is 19.9 Å². The van der Waals surface area contributed by atoms with Gasteiger partial charge in [0, 0.05) is 23.9 Å². The molecule has 7 nitrogen and oxygen atoms in total. The smallest absolute Gasteiger partial charge is 0.319 e. The molecule has 0 bridgehead atoms. The van der Waals surface area contributed by atoms with E-state index in [1.807, 2.05) is 13.8 Å². The molecule has 0 saturated heterocycles. The van der Waals surface area contributed by atoms with Gasteiger partial charge < -0.3 is 15.7 Å². The predicted octanol–water partition coefficient (Wildman–Crippen LogP) is 2.82. The van der Waals surface area contributed by atoms with Crippen LogP contribution in [0.4, 0.5) is 16.2 Å². The first-order valence-corrected chi connectivity index (χ1v) is 7.09. The maximum Gasteiger partial charge on any atom is 0.319 e. The van der Waals surface area contributed by atoms with Gasteiger partial charge in [0.25, 0.3) is 5.69 Å². The van der Waals surface area contributed by atoms with Crippen LogP contribution in [-0.2, 0) is 0 Å². The molecule has 22 heavy (non-hydrogen) atoms. The van der Waals surface area contributed by atoms with Crippen molar-refractivity contribution >= 4 is 17.4 Å². The lowest BCUT2D eigenvalue weighted by Gasteiger charge is -2.26. The minimum atomic E-state index is -0.482. The summed E-state index contributed by atoms with van der Waals surface area (Å²) in [6.07, 6.45) is 0.114. The fourth-order valence-corrected chi connectivity index (χ4v) is 2.25. The summed E-state index contributed by atoms with van der Waals surface area (Å²) in [5.74, 6) is 0. The van der Waals surface area contributed by atoms with Crippen LogP contribution in [0.2, 0.25) is 0 Å². The van der Waals surface area contributed by atoms with Gasteiger partial charge in [0.1, 0.15) is 0 Å². The summed E-state index contributed by atoms with van der Waals surface area (Å²) in [4.78, 5) is 22.2. The highest BCUT2D eigenvalue weighted by molar-refractivity contribution is 5.89. The number of aliphatic hydroxyl groups excluding tert-OH is 1. The number of amides is 2. The highest BCUT2D eigenvalue weighted by Crippen LogP contribution is 2.23. The van der Waals surface area contributed by atoms with E-state index in [2.05, 4.69) is 10.6 Å². The molecule has 1 rings (SSSR count). The Hall–Kier alpha value is -2.15. The molecule has 1 aromatic rings. The van der Waals surface area contributed by atoms with Crippen molar-refractivity contribution < 1.29 is 14.8 Å². The maximum absolute atomic E-state index is 11.9. The first-order chi connectivity index (χ1) is 10.1. The number of nitro benzene ring substituents is 1. The number of hydrogen-bond acceptors (Lipinski definition) is 4. The van der Waals surface area contributed by atoms with Gasteiger partial charge in [0.15, 0.2) is 0 Å². The van der Waals surface area contributed by atoms with Crippen LogP contribution in [0.1, 0.15) is 32.8 Å². The first kappa shape index (κ1) is 17.9. The molecular weight excluding hydrogens is 286 g/mol. The molecule has 0 heterocycles. The van der Waals surface area contributed by atoms with Gasteiger partial charge in [0.2, 0.25) is 0 Å². The molecule has 0 radical (unpaired) electrons. The van der Waals surface area contributed by atoms with Crippen LogP contribution in [-0.4, -0.2) is 28.7 Å². The Labute approximate surface area is 129 Å². The van der Waals surface area contributed by atoms with Crippen molar-refractivity contribution in [3.05, 3.63) is 33.9 Å². The third kappa shape index (κ3) is 5.69. The minimum Gasteiger partial charge on any atom is -0.393 e. The zero-order valence-electron chi connectivity index (χ0n) is 13.3. The van der Waals surface area contributed by atoms with Gasteiger partial charge in [-0.05, 0) is 31.7 Å². The van der Waals surface area contributed by atoms with Crippen molar-refractivity contribution in [3.8, 4) is 0 Å². The Balaban J connectivity index is 2.62. The summed E-state index contributed by atoms with van der Waals surface area (Å²) in [6, 6.07) is 4.10. The van der Waals surface area contributed by atoms with E-state index in [-0.39, 0.29) is 11.1 Å². The predicted molar refractivity (Wildman–Crippen MR) is 84.9 cm³/mol. The molecule has 2 amide bonds. The molecule has 0 aliphatic heterocycles. The Morgan fingerprint density at radius 3 is 2.64 bits per heavy atom. The Morgan fingerprint density at radius 2 is 2.09 bits per heavy atom. The van der Waals surface area contributed by atoms with Crippen molar-refractivity contribution in [2.45, 2.75) is 40.2 Å². The zero-order chi connectivity index (χ0) is 16.9. The van der Waals surface area contributed by atoms with E-state index in [9.17, 15) is 20.0 Å². The van der Waals surface area contributed by atoms with E-state index >= 15 is 0 Å². The van der Waals surface area contributed by atoms with E-state index in [1.54, 1.807) is 26.0 Å². The number of aliphatic hydroxyl groups is 1. The number of rotatable bonds is 6. The number of nitrogens with zero attached hydrogens (tertiary/aromatic N) is 1. The van der Waals surface area contributed by atoms with Crippen molar-refractivity contribution in [3.63, 3.8) is 0 Å². The van der Waals surface area contributed by atoms with E-state index in [0.717, 1.165) is 0 Å². The van der Waals surface area contributed by atoms with Crippen LogP contribution in [0.25, 0.3) is 0 Å². The second kappa shape index (κ2) is 7.22. The summed E-state index contributed by atoms with van der Waals surface area (Å²) in [7, 11) is 0. The number of carbonyl (C=O) groups is 1. The van der Waals surface area contributed by atoms with Gasteiger partial charge in [-0.2, -0.15) is 0 Å². The number of nitro groups is 1. The molecule has 0 aliphatic carbocycles. The van der Waals surface area contributed by atoms with E-state index < -0.39 is 17.1 Å². The van der Waals surface area contributed by atoms with Crippen molar-refractivity contribution in [2.24, 2.45) is 5.41 Å². The average Bonchev–Trinajstić information content (AvgIpc) is 2.37. The highest BCUT2D eigenvalue weighted by Gasteiger charge is 2.21. The standard InChI is InChI=1S/C15H23N3O4/c1-10-5-6-12(7-13(10)18(21)22)17-14(20)16-9-15(3,4)8-11(2)19/h5-7,11,19H,8-9H2,1-4H3,(H2,16,17,20). The summed E-state index contributed by atoms with van der Waals surface area (Å²) in [5.41, 5.74) is 0.620. The number of hydrogen-bond donors (Lipinski definition) is 3. The van der Waals surface area contributed by atoms with Gasteiger partial charge in [-0.3, -0.25) is 10.1 Å². The van der Waals surface area contributed by atoms with Gasteiger partial charge in [0.05, 0.1) is 11.0 Å². The van der Waals surface area contributed by atoms with Gasteiger partial charge in [-0.25, -0.2) is 4.79 Å². The topological polar surface area (TPSA) is 104 Å². The molecule has 0 aliphatic rings. The largest absolute Gasteiger partial charge is 0.393 e. The molecular formula is C15H23N3O4. The lowest BCUT2D eigenvalue weighted by atomic mass is 9.87. The van der Waals surface area contributed by atoms with Crippen LogP contribution in [0, 0.1) is 22.5 Å². The van der Waals surface area contributed by atoms with E-state index in [1.165, 1.54) is 6.07 Å². The van der Waals surface area contributed by atoms with Crippen molar-refractivity contribution in [2.75, 3.05) is 11.9 Å². The normalized spacial score (nSPS) is 12.6. The van der Waals surface area contributed by atoms with Crippen LogP contribution < -0.4 is 10.6 Å². The lowest BCUT2D eigenvalue weighted by Crippen LogP contribution is -2.38. The molecule has 7 heteroatoms.